The van der Waals surface area contributed by atoms with Crippen LogP contribution in [0.1, 0.15) is 33.6 Å². The second kappa shape index (κ2) is 3.05. The summed E-state index contributed by atoms with van der Waals surface area (Å²) in [5, 5.41) is 0. The Morgan fingerprint density at radius 3 is 2.00 bits per heavy atom. The Balaban J connectivity index is 2.24. The van der Waals surface area contributed by atoms with E-state index in [1.807, 2.05) is 0 Å². The van der Waals surface area contributed by atoms with Crippen molar-refractivity contribution in [3.05, 3.63) is 0 Å². The van der Waals surface area contributed by atoms with Gasteiger partial charge in [-0.25, -0.2) is 0 Å². The zero-order valence-electron chi connectivity index (χ0n) is 7.24. The smallest absolute Gasteiger partial charge is 0.212 e. The van der Waals surface area contributed by atoms with Gasteiger partial charge in [0.15, 0.2) is 0 Å². The highest BCUT2D eigenvalue weighted by Crippen LogP contribution is 2.23. The van der Waals surface area contributed by atoms with Crippen molar-refractivity contribution in [2.45, 2.75) is 51.3 Å². The fourth-order valence-electron chi connectivity index (χ4n) is 1.30. The van der Waals surface area contributed by atoms with Crippen LogP contribution in [-0.4, -0.2) is 14.6 Å². The second-order valence-corrected chi connectivity index (χ2v) is 6.24. The molecule has 1 aliphatic heterocycles. The number of hydrogen-bond acceptors (Lipinski definition) is 1. The quantitative estimate of drug-likeness (QED) is 0.532. The lowest BCUT2D eigenvalue weighted by atomic mass is 10.2. The second-order valence-electron chi connectivity index (χ2n) is 3.96. The summed E-state index contributed by atoms with van der Waals surface area (Å²) in [5.74, 6) is 0. The maximum Gasteiger partial charge on any atom is 0.212 e. The van der Waals surface area contributed by atoms with Crippen LogP contribution in [0.15, 0.2) is 0 Å². The molecule has 0 bridgehead atoms. The zero-order chi connectivity index (χ0) is 7.61. The van der Waals surface area contributed by atoms with Crippen molar-refractivity contribution < 1.29 is 4.43 Å². The summed E-state index contributed by atoms with van der Waals surface area (Å²) in [4.78, 5) is 0. The van der Waals surface area contributed by atoms with Crippen molar-refractivity contribution in [3.8, 4) is 0 Å². The monoisotopic (exact) mass is 157 g/mol. The van der Waals surface area contributed by atoms with Crippen LogP contribution in [0.5, 0.6) is 0 Å². The summed E-state index contributed by atoms with van der Waals surface area (Å²) < 4.78 is 5.90. The van der Waals surface area contributed by atoms with Gasteiger partial charge in [0.1, 0.15) is 0 Å². The summed E-state index contributed by atoms with van der Waals surface area (Å²) in [6, 6.07) is 2.75. The Morgan fingerprint density at radius 1 is 1.10 bits per heavy atom. The molecule has 0 N–H and O–H groups in total. The largest absolute Gasteiger partial charge is 0.412 e. The van der Waals surface area contributed by atoms with Crippen molar-refractivity contribution in [2.24, 2.45) is 0 Å². The fraction of sp³-hybridized carbons (Fsp3) is 1.00. The van der Waals surface area contributed by atoms with Crippen LogP contribution in [0.2, 0.25) is 12.1 Å². The molecule has 0 amide bonds. The highest BCUT2D eigenvalue weighted by molar-refractivity contribution is 6.52. The Kier molecular flexibility index (Phi) is 2.53. The van der Waals surface area contributed by atoms with Gasteiger partial charge >= 0.3 is 0 Å². The molecule has 1 radical (unpaired) electrons. The third-order valence-corrected chi connectivity index (χ3v) is 4.34. The van der Waals surface area contributed by atoms with Crippen LogP contribution >= 0.6 is 0 Å². The van der Waals surface area contributed by atoms with E-state index in [1.54, 1.807) is 0 Å². The maximum absolute atomic E-state index is 5.90. The minimum atomic E-state index is -0.370. The molecule has 0 aromatic carbocycles. The van der Waals surface area contributed by atoms with Crippen molar-refractivity contribution >= 4 is 9.04 Å². The molecule has 0 spiro atoms. The lowest BCUT2D eigenvalue weighted by Gasteiger charge is -2.23. The minimum Gasteiger partial charge on any atom is -0.412 e. The first-order valence-electron chi connectivity index (χ1n) is 4.12. The van der Waals surface area contributed by atoms with Gasteiger partial charge in [0.25, 0.3) is 0 Å². The van der Waals surface area contributed by atoms with Crippen LogP contribution < -0.4 is 0 Å². The molecular weight excluding hydrogens is 140 g/mol. The first kappa shape index (κ1) is 8.28. The molecular formula is C8H17OSi. The van der Waals surface area contributed by atoms with E-state index in [0.717, 1.165) is 0 Å². The fourth-order valence-corrected chi connectivity index (χ4v) is 3.91. The summed E-state index contributed by atoms with van der Waals surface area (Å²) in [6.07, 6.45) is 2.81. The van der Waals surface area contributed by atoms with Crippen LogP contribution in [0.25, 0.3) is 0 Å². The summed E-state index contributed by atoms with van der Waals surface area (Å²) in [5.41, 5.74) is 0.110. The van der Waals surface area contributed by atoms with Crippen LogP contribution in [-0.2, 0) is 4.43 Å². The van der Waals surface area contributed by atoms with Gasteiger partial charge in [-0.3, -0.25) is 0 Å². The van der Waals surface area contributed by atoms with Gasteiger partial charge in [0.2, 0.25) is 9.04 Å². The van der Waals surface area contributed by atoms with Gasteiger partial charge in [-0.1, -0.05) is 12.8 Å². The lowest BCUT2D eigenvalue weighted by Crippen LogP contribution is -2.28. The third-order valence-electron chi connectivity index (χ3n) is 1.61. The Labute approximate surface area is 65.5 Å². The van der Waals surface area contributed by atoms with Gasteiger partial charge in [-0.15, -0.1) is 0 Å². The molecule has 0 saturated carbocycles. The van der Waals surface area contributed by atoms with E-state index in [9.17, 15) is 0 Å². The van der Waals surface area contributed by atoms with E-state index in [2.05, 4.69) is 20.8 Å². The molecule has 2 heteroatoms. The maximum atomic E-state index is 5.90. The Morgan fingerprint density at radius 2 is 1.60 bits per heavy atom. The van der Waals surface area contributed by atoms with Gasteiger partial charge in [-0.2, -0.15) is 0 Å². The molecule has 1 saturated heterocycles. The first-order chi connectivity index (χ1) is 4.58. The standard InChI is InChI=1S/C8H17OSi/c1-8(2,3)9-10-6-4-5-7-10/h4-7H2,1-3H3. The van der Waals surface area contributed by atoms with Crippen molar-refractivity contribution in [1.82, 2.24) is 0 Å². The molecule has 0 aromatic rings. The third kappa shape index (κ3) is 2.84. The SMILES string of the molecule is CC(C)(C)O[Si]1CCCC1. The summed E-state index contributed by atoms with van der Waals surface area (Å²) >= 11 is 0. The minimum absolute atomic E-state index is 0.110. The normalized spacial score (nSPS) is 21.9. The van der Waals surface area contributed by atoms with E-state index < -0.39 is 0 Å². The van der Waals surface area contributed by atoms with Gasteiger partial charge < -0.3 is 4.43 Å². The molecule has 0 aliphatic carbocycles. The van der Waals surface area contributed by atoms with Crippen molar-refractivity contribution in [1.29, 1.82) is 0 Å². The molecule has 1 heterocycles. The molecule has 59 valence electrons. The van der Waals surface area contributed by atoms with Gasteiger partial charge in [0, 0.05) is 5.60 Å². The average molecular weight is 157 g/mol. The molecule has 1 nitrogen and oxygen atoms in total. The van der Waals surface area contributed by atoms with E-state index in [-0.39, 0.29) is 14.6 Å². The van der Waals surface area contributed by atoms with Crippen LogP contribution in [0.4, 0.5) is 0 Å². The molecule has 10 heavy (non-hydrogen) atoms. The Hall–Kier alpha value is 0.177. The number of hydrogen-bond donors (Lipinski definition) is 0. The molecule has 0 aromatic heterocycles. The average Bonchev–Trinajstić information content (AvgIpc) is 2.12. The highest BCUT2D eigenvalue weighted by Gasteiger charge is 2.24. The Bertz CT molecular complexity index is 100. The van der Waals surface area contributed by atoms with E-state index >= 15 is 0 Å². The van der Waals surface area contributed by atoms with Crippen LogP contribution in [0, 0.1) is 0 Å². The predicted molar refractivity (Wildman–Crippen MR) is 45.4 cm³/mol. The molecule has 1 aliphatic rings. The van der Waals surface area contributed by atoms with Crippen molar-refractivity contribution in [2.75, 3.05) is 0 Å². The van der Waals surface area contributed by atoms with E-state index in [0.29, 0.717) is 0 Å². The van der Waals surface area contributed by atoms with Crippen molar-refractivity contribution in [3.63, 3.8) is 0 Å². The topological polar surface area (TPSA) is 9.23 Å². The van der Waals surface area contributed by atoms with Gasteiger partial charge in [0.05, 0.1) is 0 Å². The predicted octanol–water partition coefficient (Wildman–Crippen LogP) is 2.59. The highest BCUT2D eigenvalue weighted by atomic mass is 28.3. The van der Waals surface area contributed by atoms with E-state index in [1.165, 1.54) is 24.9 Å². The molecule has 0 atom stereocenters. The molecule has 1 fully saturated rings. The molecule has 0 unspecified atom stereocenters. The summed E-state index contributed by atoms with van der Waals surface area (Å²) in [7, 11) is -0.370. The van der Waals surface area contributed by atoms with E-state index in [4.69, 9.17) is 4.43 Å². The summed E-state index contributed by atoms with van der Waals surface area (Å²) in [6.45, 7) is 6.47. The first-order valence-corrected chi connectivity index (χ1v) is 5.94. The zero-order valence-corrected chi connectivity index (χ0v) is 8.24. The molecule has 1 rings (SSSR count). The van der Waals surface area contributed by atoms with Crippen LogP contribution in [0.3, 0.4) is 0 Å². The number of rotatable bonds is 1. The van der Waals surface area contributed by atoms with Gasteiger partial charge in [-0.05, 0) is 32.9 Å². The lowest BCUT2D eigenvalue weighted by molar-refractivity contribution is 0.129.